The normalized spacial score (nSPS) is 30.5. The van der Waals surface area contributed by atoms with Gasteiger partial charge in [-0.25, -0.2) is 4.98 Å². The van der Waals surface area contributed by atoms with Gasteiger partial charge >= 0.3 is 0 Å². The number of thiazole rings is 1. The van der Waals surface area contributed by atoms with Gasteiger partial charge < -0.3 is 5.11 Å². The van der Waals surface area contributed by atoms with Crippen LogP contribution in [0.25, 0.3) is 0 Å². The standard InChI is InChI=1S/C15H24N2OS/c1-10-5-6-17(14(7-10)11(2)18)8-13-9-19-15(16-13)12-3-4-12/h9-12,14,18H,3-8H2,1-2H3/t10-,11+,14-/m1/s1. The van der Waals surface area contributed by atoms with E-state index in [1.165, 1.54) is 30.0 Å². The SMILES string of the molecule is C[C@@H]1CCN(Cc2csc(C3CC3)n2)[C@@H]([C@H](C)O)C1. The van der Waals surface area contributed by atoms with Crippen LogP contribution in [-0.4, -0.2) is 33.7 Å². The first kappa shape index (κ1) is 13.5. The molecule has 0 radical (unpaired) electrons. The Kier molecular flexibility index (Phi) is 3.92. The van der Waals surface area contributed by atoms with Crippen LogP contribution in [-0.2, 0) is 6.54 Å². The Balaban J connectivity index is 1.65. The number of nitrogens with zero attached hydrogens (tertiary/aromatic N) is 2. The third-order valence-electron chi connectivity index (χ3n) is 4.44. The number of aliphatic hydroxyl groups excluding tert-OH is 1. The zero-order chi connectivity index (χ0) is 13.4. The number of hydrogen-bond acceptors (Lipinski definition) is 4. The highest BCUT2D eigenvalue weighted by Crippen LogP contribution is 2.41. The second kappa shape index (κ2) is 5.51. The van der Waals surface area contributed by atoms with Crippen molar-refractivity contribution < 1.29 is 5.11 Å². The quantitative estimate of drug-likeness (QED) is 0.921. The maximum atomic E-state index is 9.99. The van der Waals surface area contributed by atoms with Gasteiger partial charge in [0.05, 0.1) is 16.8 Å². The summed E-state index contributed by atoms with van der Waals surface area (Å²) in [5.74, 6) is 1.49. The van der Waals surface area contributed by atoms with E-state index in [2.05, 4.69) is 17.2 Å². The molecule has 1 aliphatic carbocycles. The van der Waals surface area contributed by atoms with E-state index < -0.39 is 0 Å². The molecule has 2 aliphatic rings. The van der Waals surface area contributed by atoms with Crippen molar-refractivity contribution in [1.82, 2.24) is 9.88 Å². The fourth-order valence-corrected chi connectivity index (χ4v) is 4.03. The summed E-state index contributed by atoms with van der Waals surface area (Å²) < 4.78 is 0. The van der Waals surface area contributed by atoms with E-state index in [1.807, 2.05) is 18.3 Å². The zero-order valence-corrected chi connectivity index (χ0v) is 12.7. The molecule has 4 heteroatoms. The molecule has 1 aliphatic heterocycles. The first-order chi connectivity index (χ1) is 9.13. The van der Waals surface area contributed by atoms with Crippen molar-refractivity contribution in [2.45, 2.75) is 64.1 Å². The number of hydrogen-bond donors (Lipinski definition) is 1. The van der Waals surface area contributed by atoms with Crippen molar-refractivity contribution in [2.75, 3.05) is 6.54 Å². The molecule has 3 atom stereocenters. The zero-order valence-electron chi connectivity index (χ0n) is 11.9. The van der Waals surface area contributed by atoms with Crippen LogP contribution in [0.3, 0.4) is 0 Å². The van der Waals surface area contributed by atoms with Crippen LogP contribution in [0.5, 0.6) is 0 Å². The van der Waals surface area contributed by atoms with Gasteiger partial charge in [0.15, 0.2) is 0 Å². The summed E-state index contributed by atoms with van der Waals surface area (Å²) >= 11 is 1.82. The molecule has 106 valence electrons. The van der Waals surface area contributed by atoms with Gasteiger partial charge in [-0.1, -0.05) is 6.92 Å². The minimum absolute atomic E-state index is 0.246. The lowest BCUT2D eigenvalue weighted by Gasteiger charge is -2.39. The second-order valence-corrected chi connectivity index (χ2v) is 7.25. The molecule has 1 saturated carbocycles. The Morgan fingerprint density at radius 3 is 2.95 bits per heavy atom. The van der Waals surface area contributed by atoms with Crippen molar-refractivity contribution in [3.05, 3.63) is 16.1 Å². The van der Waals surface area contributed by atoms with Gasteiger partial charge in [0, 0.05) is 23.9 Å². The summed E-state index contributed by atoms with van der Waals surface area (Å²) in [5, 5.41) is 13.5. The molecule has 0 bridgehead atoms. The van der Waals surface area contributed by atoms with Crippen LogP contribution in [0.2, 0.25) is 0 Å². The van der Waals surface area contributed by atoms with Crippen LogP contribution in [0.1, 0.15) is 56.2 Å². The Bertz CT molecular complexity index is 428. The van der Waals surface area contributed by atoms with Crippen molar-refractivity contribution in [3.63, 3.8) is 0 Å². The maximum Gasteiger partial charge on any atom is 0.0959 e. The number of aromatic nitrogens is 1. The lowest BCUT2D eigenvalue weighted by atomic mass is 9.90. The van der Waals surface area contributed by atoms with Gasteiger partial charge in [-0.2, -0.15) is 0 Å². The van der Waals surface area contributed by atoms with Gasteiger partial charge in [0.25, 0.3) is 0 Å². The molecule has 3 rings (SSSR count). The summed E-state index contributed by atoms with van der Waals surface area (Å²) in [7, 11) is 0. The Labute approximate surface area is 119 Å². The molecule has 1 saturated heterocycles. The van der Waals surface area contributed by atoms with Crippen LogP contribution < -0.4 is 0 Å². The minimum Gasteiger partial charge on any atom is -0.392 e. The van der Waals surface area contributed by atoms with Crippen LogP contribution >= 0.6 is 11.3 Å². The van der Waals surface area contributed by atoms with E-state index in [0.717, 1.165) is 31.3 Å². The summed E-state index contributed by atoms with van der Waals surface area (Å²) in [5.41, 5.74) is 1.20. The predicted molar refractivity (Wildman–Crippen MR) is 78.4 cm³/mol. The second-order valence-electron chi connectivity index (χ2n) is 6.36. The van der Waals surface area contributed by atoms with E-state index in [-0.39, 0.29) is 6.10 Å². The smallest absolute Gasteiger partial charge is 0.0959 e. The maximum absolute atomic E-state index is 9.99. The lowest BCUT2D eigenvalue weighted by molar-refractivity contribution is 0.0157. The monoisotopic (exact) mass is 280 g/mol. The van der Waals surface area contributed by atoms with Crippen LogP contribution in [0.4, 0.5) is 0 Å². The molecule has 1 N–H and O–H groups in total. The Morgan fingerprint density at radius 2 is 2.26 bits per heavy atom. The first-order valence-electron chi connectivity index (χ1n) is 7.50. The molecule has 0 spiro atoms. The summed E-state index contributed by atoms with van der Waals surface area (Å²) in [6.07, 6.45) is 4.75. The highest BCUT2D eigenvalue weighted by molar-refractivity contribution is 7.09. The van der Waals surface area contributed by atoms with Crippen LogP contribution in [0.15, 0.2) is 5.38 Å². The van der Waals surface area contributed by atoms with E-state index in [0.29, 0.717) is 6.04 Å². The number of likely N-dealkylation sites (tertiary alicyclic amines) is 1. The number of piperidine rings is 1. The molecule has 19 heavy (non-hydrogen) atoms. The van der Waals surface area contributed by atoms with Crippen molar-refractivity contribution in [3.8, 4) is 0 Å². The molecule has 1 aromatic rings. The van der Waals surface area contributed by atoms with E-state index >= 15 is 0 Å². The molecule has 2 heterocycles. The topological polar surface area (TPSA) is 36.4 Å². The van der Waals surface area contributed by atoms with Gasteiger partial charge in [-0.05, 0) is 45.1 Å². The number of rotatable bonds is 4. The third kappa shape index (κ3) is 3.18. The average molecular weight is 280 g/mol. The molecule has 3 nitrogen and oxygen atoms in total. The Morgan fingerprint density at radius 1 is 1.47 bits per heavy atom. The van der Waals surface area contributed by atoms with Crippen molar-refractivity contribution in [1.29, 1.82) is 0 Å². The molecule has 1 aromatic heterocycles. The van der Waals surface area contributed by atoms with Gasteiger partial charge in [-0.3, -0.25) is 4.90 Å². The highest BCUT2D eigenvalue weighted by Gasteiger charge is 2.31. The lowest BCUT2D eigenvalue weighted by Crippen LogP contribution is -2.47. The highest BCUT2D eigenvalue weighted by atomic mass is 32.1. The summed E-state index contributed by atoms with van der Waals surface area (Å²) in [6.45, 7) is 6.21. The fourth-order valence-electron chi connectivity index (χ4n) is 3.05. The molecule has 0 amide bonds. The predicted octanol–water partition coefficient (Wildman–Crippen LogP) is 3.00. The van der Waals surface area contributed by atoms with Crippen molar-refractivity contribution in [2.24, 2.45) is 5.92 Å². The van der Waals surface area contributed by atoms with Gasteiger partial charge in [0.2, 0.25) is 0 Å². The fraction of sp³-hybridized carbons (Fsp3) is 0.800. The summed E-state index contributed by atoms with van der Waals surface area (Å²) in [6, 6.07) is 0.301. The molecule has 2 fully saturated rings. The third-order valence-corrected chi connectivity index (χ3v) is 5.50. The van der Waals surface area contributed by atoms with Crippen molar-refractivity contribution >= 4 is 11.3 Å². The summed E-state index contributed by atoms with van der Waals surface area (Å²) in [4.78, 5) is 7.20. The average Bonchev–Trinajstić information content (AvgIpc) is 3.12. The first-order valence-corrected chi connectivity index (χ1v) is 8.38. The minimum atomic E-state index is -0.246. The largest absolute Gasteiger partial charge is 0.392 e. The van der Waals surface area contributed by atoms with E-state index in [4.69, 9.17) is 4.98 Å². The molecule has 0 aromatic carbocycles. The molecule has 0 unspecified atom stereocenters. The van der Waals surface area contributed by atoms with E-state index in [1.54, 1.807) is 0 Å². The Hall–Kier alpha value is -0.450. The molecular weight excluding hydrogens is 256 g/mol. The number of aliphatic hydroxyl groups is 1. The van der Waals surface area contributed by atoms with Gasteiger partial charge in [-0.15, -0.1) is 11.3 Å². The van der Waals surface area contributed by atoms with Crippen LogP contribution in [0, 0.1) is 5.92 Å². The van der Waals surface area contributed by atoms with E-state index in [9.17, 15) is 5.11 Å². The van der Waals surface area contributed by atoms with Gasteiger partial charge in [0.1, 0.15) is 0 Å². The molecular formula is C15H24N2OS.